The molecule has 0 saturated carbocycles. The molecule has 0 aromatic heterocycles. The molecule has 2 aliphatic rings. The highest BCUT2D eigenvalue weighted by molar-refractivity contribution is 9.10. The van der Waals surface area contributed by atoms with Gasteiger partial charge in [0.15, 0.2) is 5.75 Å². The van der Waals surface area contributed by atoms with E-state index in [4.69, 9.17) is 16.3 Å². The Morgan fingerprint density at radius 2 is 1.84 bits per heavy atom. The van der Waals surface area contributed by atoms with Crippen molar-refractivity contribution >= 4 is 62.4 Å². The first kappa shape index (κ1) is 26.5. The van der Waals surface area contributed by atoms with Crippen molar-refractivity contribution in [1.29, 1.82) is 0 Å². The fourth-order valence-electron chi connectivity index (χ4n) is 4.27. The van der Waals surface area contributed by atoms with Crippen LogP contribution in [0.15, 0.2) is 70.0 Å². The molecule has 3 aromatic rings. The van der Waals surface area contributed by atoms with Crippen molar-refractivity contribution in [2.45, 2.75) is 19.6 Å². The molecule has 1 fully saturated rings. The third-order valence-electron chi connectivity index (χ3n) is 6.27. The van der Waals surface area contributed by atoms with E-state index in [0.29, 0.717) is 33.9 Å². The maximum absolute atomic E-state index is 13.1. The van der Waals surface area contributed by atoms with E-state index in [1.807, 2.05) is 24.3 Å². The first-order valence-electron chi connectivity index (χ1n) is 11.7. The van der Waals surface area contributed by atoms with Gasteiger partial charge in [-0.25, -0.2) is 4.39 Å². The van der Waals surface area contributed by atoms with Crippen molar-refractivity contribution in [3.8, 4) is 5.75 Å². The van der Waals surface area contributed by atoms with Gasteiger partial charge in [-0.2, -0.15) is 0 Å². The maximum atomic E-state index is 13.1. The number of benzene rings is 3. The van der Waals surface area contributed by atoms with Gasteiger partial charge in [0.05, 0.1) is 14.4 Å². The van der Waals surface area contributed by atoms with Gasteiger partial charge in [-0.15, -0.1) is 0 Å². The Labute approximate surface area is 236 Å². The molecule has 5 rings (SSSR count). The fraction of sp³-hybridized carbons (Fsp3) is 0.179. The molecular weight excluding hydrogens is 595 g/mol. The Morgan fingerprint density at radius 1 is 1.11 bits per heavy atom. The van der Waals surface area contributed by atoms with E-state index in [1.165, 1.54) is 17.7 Å². The lowest BCUT2D eigenvalue weighted by Gasteiger charge is -2.29. The van der Waals surface area contributed by atoms with Gasteiger partial charge in [0, 0.05) is 13.1 Å². The SMILES string of the molecule is O=C(CN1C(=O)S/C(=C\c2cc(Cl)c(OCc3ccc(F)cc3)c(Br)c2)C1=O)N1CCc2ccccc2C1. The number of hydrogen-bond donors (Lipinski definition) is 0. The fourth-order valence-corrected chi connectivity index (χ4v) is 6.10. The first-order valence-corrected chi connectivity index (χ1v) is 13.7. The van der Waals surface area contributed by atoms with Crippen molar-refractivity contribution in [2.75, 3.05) is 13.1 Å². The third kappa shape index (κ3) is 5.80. The Morgan fingerprint density at radius 3 is 2.58 bits per heavy atom. The second kappa shape index (κ2) is 11.3. The standard InChI is InChI=1S/C28H21BrClFN2O4S/c29-22-11-18(12-23(30)26(22)37-16-17-5-7-21(31)8-6-17)13-24-27(35)33(28(36)38-24)15-25(34)32-10-9-19-3-1-2-4-20(19)14-32/h1-8,11-13H,9-10,14-16H2/b24-13-. The Hall–Kier alpha value is -3.14. The number of thioether (sulfide) groups is 1. The van der Waals surface area contributed by atoms with Gasteiger partial charge < -0.3 is 9.64 Å². The van der Waals surface area contributed by atoms with Gasteiger partial charge in [-0.05, 0) is 86.7 Å². The predicted octanol–water partition coefficient (Wildman–Crippen LogP) is 6.44. The highest BCUT2D eigenvalue weighted by atomic mass is 79.9. The van der Waals surface area contributed by atoms with E-state index in [-0.39, 0.29) is 29.8 Å². The van der Waals surface area contributed by atoms with Gasteiger partial charge >= 0.3 is 0 Å². The second-order valence-corrected chi connectivity index (χ2v) is 11.1. The van der Waals surface area contributed by atoms with Crippen LogP contribution in [0, 0.1) is 5.82 Å². The van der Waals surface area contributed by atoms with Crippen LogP contribution < -0.4 is 4.74 Å². The molecule has 0 bridgehead atoms. The third-order valence-corrected chi connectivity index (χ3v) is 8.04. The van der Waals surface area contributed by atoms with E-state index in [0.717, 1.165) is 34.2 Å². The molecule has 194 valence electrons. The number of fused-ring (bicyclic) bond motifs is 1. The molecule has 6 nitrogen and oxygen atoms in total. The summed E-state index contributed by atoms with van der Waals surface area (Å²) in [5, 5.41) is -0.191. The quantitative estimate of drug-likeness (QED) is 0.299. The normalized spacial score (nSPS) is 16.2. The minimum Gasteiger partial charge on any atom is -0.486 e. The molecule has 0 radical (unpaired) electrons. The minimum atomic E-state index is -0.519. The number of rotatable bonds is 6. The zero-order chi connectivity index (χ0) is 26.8. The van der Waals surface area contributed by atoms with Gasteiger partial charge in [-0.1, -0.05) is 48.0 Å². The topological polar surface area (TPSA) is 66.9 Å². The highest BCUT2D eigenvalue weighted by Crippen LogP contribution is 2.38. The monoisotopic (exact) mass is 614 g/mol. The van der Waals surface area contributed by atoms with Crippen LogP contribution in [0.4, 0.5) is 9.18 Å². The van der Waals surface area contributed by atoms with Crippen LogP contribution in [0.2, 0.25) is 5.02 Å². The second-order valence-electron chi connectivity index (χ2n) is 8.83. The first-order chi connectivity index (χ1) is 18.3. The van der Waals surface area contributed by atoms with Crippen LogP contribution >= 0.6 is 39.3 Å². The van der Waals surface area contributed by atoms with E-state index in [9.17, 15) is 18.8 Å². The number of hydrogen-bond acceptors (Lipinski definition) is 5. The van der Waals surface area contributed by atoms with Crippen molar-refractivity contribution in [2.24, 2.45) is 0 Å². The van der Waals surface area contributed by atoms with E-state index >= 15 is 0 Å². The van der Waals surface area contributed by atoms with Crippen LogP contribution in [0.5, 0.6) is 5.75 Å². The summed E-state index contributed by atoms with van der Waals surface area (Å²) in [6.45, 7) is 0.894. The molecule has 0 aliphatic carbocycles. The minimum absolute atomic E-state index is 0.188. The number of ether oxygens (including phenoxy) is 1. The Kier molecular flexibility index (Phi) is 7.88. The molecule has 0 spiro atoms. The Bertz CT molecular complexity index is 1440. The van der Waals surface area contributed by atoms with Crippen molar-refractivity contribution in [1.82, 2.24) is 9.80 Å². The molecule has 0 N–H and O–H groups in total. The number of amides is 3. The van der Waals surface area contributed by atoms with Gasteiger partial charge in [0.25, 0.3) is 11.1 Å². The highest BCUT2D eigenvalue weighted by Gasteiger charge is 2.37. The predicted molar refractivity (Wildman–Crippen MR) is 148 cm³/mol. The molecular formula is C28H21BrClFN2O4S. The lowest BCUT2D eigenvalue weighted by molar-refractivity contribution is -0.136. The zero-order valence-corrected chi connectivity index (χ0v) is 23.1. The zero-order valence-electron chi connectivity index (χ0n) is 20.0. The number of halogens is 3. The lowest BCUT2D eigenvalue weighted by atomic mass is 10.00. The molecule has 1 saturated heterocycles. The summed E-state index contributed by atoms with van der Waals surface area (Å²) >= 11 is 10.7. The summed E-state index contributed by atoms with van der Waals surface area (Å²) in [6, 6.07) is 17.2. The van der Waals surface area contributed by atoms with Gasteiger partial charge in [-0.3, -0.25) is 19.3 Å². The number of carbonyl (C=O) groups excluding carboxylic acids is 3. The molecule has 0 atom stereocenters. The maximum Gasteiger partial charge on any atom is 0.294 e. The summed E-state index contributed by atoms with van der Waals surface area (Å²) in [7, 11) is 0. The molecule has 10 heteroatoms. The molecule has 3 amide bonds. The smallest absolute Gasteiger partial charge is 0.294 e. The van der Waals surface area contributed by atoms with Crippen LogP contribution in [0.3, 0.4) is 0 Å². The lowest BCUT2D eigenvalue weighted by Crippen LogP contribution is -2.44. The number of nitrogens with zero attached hydrogens (tertiary/aromatic N) is 2. The van der Waals surface area contributed by atoms with Crippen LogP contribution in [0.25, 0.3) is 6.08 Å². The number of carbonyl (C=O) groups is 3. The molecule has 2 heterocycles. The molecule has 2 aliphatic heterocycles. The van der Waals surface area contributed by atoms with Crippen LogP contribution in [-0.4, -0.2) is 39.9 Å². The summed E-state index contributed by atoms with van der Waals surface area (Å²) in [6.07, 6.45) is 2.30. The summed E-state index contributed by atoms with van der Waals surface area (Å²) < 4.78 is 19.5. The van der Waals surface area contributed by atoms with Crippen LogP contribution in [0.1, 0.15) is 22.3 Å². The average Bonchev–Trinajstić information content (AvgIpc) is 3.16. The summed E-state index contributed by atoms with van der Waals surface area (Å²) in [4.78, 5) is 41.4. The van der Waals surface area contributed by atoms with Gasteiger partial charge in [0.1, 0.15) is 19.0 Å². The van der Waals surface area contributed by atoms with Crippen molar-refractivity contribution in [3.63, 3.8) is 0 Å². The van der Waals surface area contributed by atoms with E-state index < -0.39 is 11.1 Å². The average molecular weight is 616 g/mol. The molecule has 0 unspecified atom stereocenters. The van der Waals surface area contributed by atoms with E-state index in [2.05, 4.69) is 15.9 Å². The summed E-state index contributed by atoms with van der Waals surface area (Å²) in [5.41, 5.74) is 3.65. The number of imide groups is 1. The van der Waals surface area contributed by atoms with Gasteiger partial charge in [0.2, 0.25) is 5.91 Å². The Balaban J connectivity index is 1.25. The summed E-state index contributed by atoms with van der Waals surface area (Å²) in [5.74, 6) is -0.718. The molecule has 3 aromatic carbocycles. The van der Waals surface area contributed by atoms with E-state index in [1.54, 1.807) is 35.2 Å². The van der Waals surface area contributed by atoms with Crippen molar-refractivity contribution in [3.05, 3.63) is 103 Å². The van der Waals surface area contributed by atoms with Crippen LogP contribution in [-0.2, 0) is 29.2 Å². The van der Waals surface area contributed by atoms with Crippen molar-refractivity contribution < 1.29 is 23.5 Å². The largest absolute Gasteiger partial charge is 0.486 e. The molecule has 38 heavy (non-hydrogen) atoms.